The van der Waals surface area contributed by atoms with E-state index in [4.69, 9.17) is 0 Å². The van der Waals surface area contributed by atoms with E-state index >= 15 is 0 Å². The molecule has 4 N–H and O–H groups in total. The fraction of sp³-hybridized carbons (Fsp3) is 0.500. The minimum Gasteiger partial charge on any atom is -0.508 e. The zero-order valence-electron chi connectivity index (χ0n) is 39.5. The number of benzene rings is 4. The number of hydrogen-bond acceptors (Lipinski definition) is 8. The molecule has 4 saturated heterocycles. The summed E-state index contributed by atoms with van der Waals surface area (Å²) in [5, 5.41) is 42.0. The first-order valence-corrected chi connectivity index (χ1v) is 24.8. The lowest BCUT2D eigenvalue weighted by atomic mass is 9.89. The van der Waals surface area contributed by atoms with Gasteiger partial charge < -0.3 is 20.4 Å². The summed E-state index contributed by atoms with van der Waals surface area (Å²) < 4.78 is 0. The van der Waals surface area contributed by atoms with Crippen molar-refractivity contribution in [3.8, 4) is 23.0 Å². The fourth-order valence-electron chi connectivity index (χ4n) is 10.7. The maximum absolute atomic E-state index is 10.5. The Bertz CT molecular complexity index is 1910. The molecule has 0 aliphatic carbocycles. The van der Waals surface area contributed by atoms with Crippen LogP contribution in [0.5, 0.6) is 23.0 Å². The zero-order chi connectivity index (χ0) is 45.0. The molecule has 0 radical (unpaired) electrons. The quantitative estimate of drug-likeness (QED) is 0.0828. The number of rotatable bonds is 16. The van der Waals surface area contributed by atoms with Crippen LogP contribution in [0, 0.1) is 0 Å². The fourth-order valence-corrected chi connectivity index (χ4v) is 10.7. The third-order valence-corrected chi connectivity index (χ3v) is 14.2. The largest absolute Gasteiger partial charge is 0.508 e. The highest BCUT2D eigenvalue weighted by Gasteiger charge is 2.21. The Morgan fingerprint density at radius 1 is 0.328 bits per heavy atom. The number of likely N-dealkylation sites (tertiary alicyclic amines) is 4. The molecule has 64 heavy (non-hydrogen) atoms. The number of phenolic OH excluding ortho intramolecular Hbond substituents is 4. The van der Waals surface area contributed by atoms with Gasteiger partial charge in [0.25, 0.3) is 0 Å². The molecule has 344 valence electrons. The van der Waals surface area contributed by atoms with Crippen LogP contribution in [-0.4, -0.2) is 92.4 Å². The Morgan fingerprint density at radius 2 is 0.516 bits per heavy atom. The second-order valence-corrected chi connectivity index (χ2v) is 18.6. The van der Waals surface area contributed by atoms with Gasteiger partial charge in [0.15, 0.2) is 0 Å². The van der Waals surface area contributed by atoms with E-state index < -0.39 is 0 Å². The molecule has 4 fully saturated rings. The third-order valence-electron chi connectivity index (χ3n) is 14.2. The minimum atomic E-state index is 0.395. The van der Waals surface area contributed by atoms with E-state index in [2.05, 4.69) is 95.8 Å². The van der Waals surface area contributed by atoms with Crippen molar-refractivity contribution in [1.29, 1.82) is 0 Å². The summed E-state index contributed by atoms with van der Waals surface area (Å²) in [5.74, 6) is 1.58. The molecule has 4 heterocycles. The van der Waals surface area contributed by atoms with E-state index in [1.807, 2.05) is 24.3 Å². The van der Waals surface area contributed by atoms with Gasteiger partial charge in [-0.2, -0.15) is 0 Å². The second kappa shape index (κ2) is 23.0. The third kappa shape index (κ3) is 12.0. The number of hydrogen-bond donors (Lipinski definition) is 4. The average molecular weight is 869 g/mol. The van der Waals surface area contributed by atoms with E-state index in [0.717, 1.165) is 126 Å². The molecule has 0 atom stereocenters. The van der Waals surface area contributed by atoms with Gasteiger partial charge in [-0.25, -0.2) is 0 Å². The van der Waals surface area contributed by atoms with Crippen LogP contribution in [-0.2, 0) is 26.2 Å². The molecule has 0 unspecified atom stereocenters. The smallest absolute Gasteiger partial charge is 0.120 e. The molecule has 8 nitrogen and oxygen atoms in total. The van der Waals surface area contributed by atoms with Gasteiger partial charge in [0.2, 0.25) is 0 Å². The highest BCUT2D eigenvalue weighted by atomic mass is 16.3. The molecule has 8 rings (SSSR count). The molecule has 8 heteroatoms. The normalized spacial score (nSPS) is 18.3. The van der Waals surface area contributed by atoms with Crippen LogP contribution in [0.25, 0.3) is 22.3 Å². The van der Waals surface area contributed by atoms with Crippen LogP contribution in [0.1, 0.15) is 149 Å². The Labute approximate surface area is 384 Å². The first-order chi connectivity index (χ1) is 31.2. The maximum Gasteiger partial charge on any atom is 0.120 e. The van der Waals surface area contributed by atoms with Gasteiger partial charge in [0.05, 0.1) is 0 Å². The molecule has 0 aromatic heterocycles. The van der Waals surface area contributed by atoms with Gasteiger partial charge in [-0.1, -0.05) is 52.0 Å². The van der Waals surface area contributed by atoms with Crippen molar-refractivity contribution >= 4 is 22.3 Å². The van der Waals surface area contributed by atoms with Crippen molar-refractivity contribution in [2.24, 2.45) is 0 Å². The van der Waals surface area contributed by atoms with Crippen molar-refractivity contribution in [1.82, 2.24) is 19.6 Å². The van der Waals surface area contributed by atoms with Gasteiger partial charge >= 0.3 is 0 Å². The molecular weight excluding hydrogens is 793 g/mol. The first kappa shape index (κ1) is 47.4. The summed E-state index contributed by atoms with van der Waals surface area (Å²) in [7, 11) is 0. The lowest BCUT2D eigenvalue weighted by Crippen LogP contribution is -2.18. The molecule has 0 bridgehead atoms. The molecule has 0 saturated carbocycles. The standard InChI is InChI=1S/2C28H38N2O2/c2*1-3-25(21-9-11-27(31)23(17-21)19-29-13-5-6-14-29)26(4-2)22-10-12-28(32)24(18-22)20-30-15-7-8-16-30/h2*9-12,17-18,31-32H,3-8,13-16,19-20H2,1-2H3/b26-25+;26-25-. The van der Waals surface area contributed by atoms with Crippen molar-refractivity contribution in [3.05, 3.63) is 117 Å². The lowest BCUT2D eigenvalue weighted by molar-refractivity contribution is 0.324. The zero-order valence-corrected chi connectivity index (χ0v) is 39.5. The highest BCUT2D eigenvalue weighted by Crippen LogP contribution is 2.38. The molecule has 4 aliphatic heterocycles. The van der Waals surface area contributed by atoms with Crippen LogP contribution in [0.4, 0.5) is 0 Å². The van der Waals surface area contributed by atoms with E-state index in [1.54, 1.807) is 0 Å². The number of phenols is 4. The summed E-state index contributed by atoms with van der Waals surface area (Å²) in [6.45, 7) is 21.1. The summed E-state index contributed by atoms with van der Waals surface area (Å²) in [6, 6.07) is 24.4. The van der Waals surface area contributed by atoms with Gasteiger partial charge in [-0.15, -0.1) is 0 Å². The van der Waals surface area contributed by atoms with E-state index in [1.165, 1.54) is 95.9 Å². The summed E-state index contributed by atoms with van der Waals surface area (Å²) in [6.07, 6.45) is 13.7. The summed E-state index contributed by atoms with van der Waals surface area (Å²) >= 11 is 0. The molecule has 0 amide bonds. The van der Waals surface area contributed by atoms with E-state index in [-0.39, 0.29) is 0 Å². The Balaban J connectivity index is 0.000000191. The highest BCUT2D eigenvalue weighted by molar-refractivity contribution is 5.92. The Morgan fingerprint density at radius 3 is 0.688 bits per heavy atom. The average Bonchev–Trinajstić information content (AvgIpc) is 4.17. The molecule has 4 aromatic carbocycles. The van der Waals surface area contributed by atoms with Gasteiger partial charge in [-0.05, 0) is 222 Å². The van der Waals surface area contributed by atoms with Crippen molar-refractivity contribution in [2.75, 3.05) is 52.4 Å². The van der Waals surface area contributed by atoms with Crippen molar-refractivity contribution < 1.29 is 20.4 Å². The van der Waals surface area contributed by atoms with Crippen LogP contribution in [0.15, 0.2) is 72.8 Å². The van der Waals surface area contributed by atoms with Crippen LogP contribution < -0.4 is 0 Å². The van der Waals surface area contributed by atoms with Gasteiger partial charge in [0.1, 0.15) is 23.0 Å². The van der Waals surface area contributed by atoms with E-state index in [9.17, 15) is 20.4 Å². The number of aromatic hydroxyl groups is 4. The monoisotopic (exact) mass is 869 g/mol. The van der Waals surface area contributed by atoms with Gasteiger partial charge in [0, 0.05) is 48.4 Å². The first-order valence-electron chi connectivity index (χ1n) is 24.8. The molecule has 0 spiro atoms. The van der Waals surface area contributed by atoms with Crippen LogP contribution in [0.3, 0.4) is 0 Å². The Kier molecular flexibility index (Phi) is 17.0. The topological polar surface area (TPSA) is 93.9 Å². The van der Waals surface area contributed by atoms with E-state index in [0.29, 0.717) is 23.0 Å². The minimum absolute atomic E-state index is 0.395. The SMILES string of the molecule is CC/C(=C(/CC)c1ccc(O)c(CN2CCCC2)c1)c1ccc(O)c(CN2CCCC2)c1.CC/C(=C(\CC)c1ccc(O)c(CN2CCCC2)c1)c1ccc(O)c(CN2CCCC2)c1. The van der Waals surface area contributed by atoms with Crippen molar-refractivity contribution in [2.45, 2.75) is 131 Å². The second-order valence-electron chi connectivity index (χ2n) is 18.6. The number of allylic oxidation sites excluding steroid dienone is 4. The predicted octanol–water partition coefficient (Wildman–Crippen LogP) is 12.0. The molecule has 4 aromatic rings. The summed E-state index contributed by atoms with van der Waals surface area (Å²) in [5.41, 5.74) is 14.2. The molecular formula is C56H76N4O4. The predicted molar refractivity (Wildman–Crippen MR) is 265 cm³/mol. The Hall–Kier alpha value is -4.60. The maximum atomic E-state index is 10.5. The van der Waals surface area contributed by atoms with Crippen molar-refractivity contribution in [3.63, 3.8) is 0 Å². The lowest BCUT2D eigenvalue weighted by Gasteiger charge is -2.20. The van der Waals surface area contributed by atoms with Crippen LogP contribution in [0.2, 0.25) is 0 Å². The number of nitrogens with zero attached hydrogens (tertiary/aromatic N) is 4. The molecule has 4 aliphatic rings. The van der Waals surface area contributed by atoms with Crippen LogP contribution >= 0.6 is 0 Å². The summed E-state index contributed by atoms with van der Waals surface area (Å²) in [4.78, 5) is 9.72. The van der Waals surface area contributed by atoms with Gasteiger partial charge in [-0.3, -0.25) is 19.6 Å².